The number of benzene rings is 1. The fourth-order valence-electron chi connectivity index (χ4n) is 2.52. The van der Waals surface area contributed by atoms with Crippen LogP contribution in [0.2, 0.25) is 0 Å². The molecule has 1 aromatic heterocycles. The van der Waals surface area contributed by atoms with Gasteiger partial charge in [0.2, 0.25) is 0 Å². The summed E-state index contributed by atoms with van der Waals surface area (Å²) in [5.74, 6) is 0.634. The standard InChI is InChI=1S/C16H24FN3/c1-3-5-6-7-10-20-15-9-8-12(17)11-14(15)19-16(20)13(18)4-2/h8-9,11,13H,3-7,10,18H2,1-2H3. The number of hydrogen-bond acceptors (Lipinski definition) is 2. The summed E-state index contributed by atoms with van der Waals surface area (Å²) in [6.45, 7) is 5.16. The van der Waals surface area contributed by atoms with Crippen LogP contribution in [0, 0.1) is 5.82 Å². The molecular weight excluding hydrogens is 253 g/mol. The molecule has 1 heterocycles. The Bertz CT molecular complexity index is 562. The highest BCUT2D eigenvalue weighted by atomic mass is 19.1. The van der Waals surface area contributed by atoms with Crippen molar-refractivity contribution >= 4 is 11.0 Å². The van der Waals surface area contributed by atoms with E-state index in [1.807, 2.05) is 13.0 Å². The van der Waals surface area contributed by atoms with E-state index in [0.29, 0.717) is 5.52 Å². The van der Waals surface area contributed by atoms with Crippen molar-refractivity contribution in [2.24, 2.45) is 5.73 Å². The molecule has 1 aromatic carbocycles. The molecule has 0 saturated heterocycles. The maximum Gasteiger partial charge on any atom is 0.126 e. The smallest absolute Gasteiger partial charge is 0.126 e. The lowest BCUT2D eigenvalue weighted by molar-refractivity contribution is 0.541. The van der Waals surface area contributed by atoms with E-state index in [1.54, 1.807) is 0 Å². The molecule has 110 valence electrons. The van der Waals surface area contributed by atoms with Crippen molar-refractivity contribution in [2.45, 2.75) is 58.5 Å². The molecule has 0 amide bonds. The second-order valence-corrected chi connectivity index (χ2v) is 5.33. The summed E-state index contributed by atoms with van der Waals surface area (Å²) in [6, 6.07) is 4.71. The van der Waals surface area contributed by atoms with Crippen molar-refractivity contribution in [3.8, 4) is 0 Å². The molecule has 1 unspecified atom stereocenters. The molecular formula is C16H24FN3. The van der Waals surface area contributed by atoms with Gasteiger partial charge in [-0.3, -0.25) is 0 Å². The van der Waals surface area contributed by atoms with E-state index in [0.717, 1.165) is 30.7 Å². The highest BCUT2D eigenvalue weighted by Crippen LogP contribution is 2.23. The Kier molecular flexibility index (Phi) is 5.12. The van der Waals surface area contributed by atoms with Crippen LogP contribution in [-0.4, -0.2) is 9.55 Å². The topological polar surface area (TPSA) is 43.8 Å². The number of imidazole rings is 1. The van der Waals surface area contributed by atoms with E-state index in [-0.39, 0.29) is 11.9 Å². The van der Waals surface area contributed by atoms with E-state index in [4.69, 9.17) is 5.73 Å². The van der Waals surface area contributed by atoms with Crippen LogP contribution in [0.5, 0.6) is 0 Å². The number of fused-ring (bicyclic) bond motifs is 1. The Labute approximate surface area is 120 Å². The Morgan fingerprint density at radius 2 is 2.05 bits per heavy atom. The largest absolute Gasteiger partial charge is 0.327 e. The molecule has 3 nitrogen and oxygen atoms in total. The number of rotatable bonds is 7. The lowest BCUT2D eigenvalue weighted by Gasteiger charge is -2.13. The first-order chi connectivity index (χ1) is 9.67. The first kappa shape index (κ1) is 15.0. The number of nitrogens with zero attached hydrogens (tertiary/aromatic N) is 2. The highest BCUT2D eigenvalue weighted by molar-refractivity contribution is 5.76. The summed E-state index contributed by atoms with van der Waals surface area (Å²) in [5.41, 5.74) is 7.85. The lowest BCUT2D eigenvalue weighted by atomic mass is 10.2. The van der Waals surface area contributed by atoms with Crippen LogP contribution in [0.3, 0.4) is 0 Å². The molecule has 0 aliphatic rings. The van der Waals surface area contributed by atoms with Crippen molar-refractivity contribution in [2.75, 3.05) is 0 Å². The SMILES string of the molecule is CCCCCCn1c(C(N)CC)nc2cc(F)ccc21. The molecule has 0 saturated carbocycles. The number of halogens is 1. The zero-order chi connectivity index (χ0) is 14.5. The second kappa shape index (κ2) is 6.84. The normalized spacial score (nSPS) is 13.0. The number of aryl methyl sites for hydroxylation is 1. The van der Waals surface area contributed by atoms with Gasteiger partial charge in [0.05, 0.1) is 17.1 Å². The second-order valence-electron chi connectivity index (χ2n) is 5.33. The molecule has 0 spiro atoms. The Hall–Kier alpha value is -1.42. The summed E-state index contributed by atoms with van der Waals surface area (Å²) in [6.07, 6.45) is 5.62. The van der Waals surface area contributed by atoms with Gasteiger partial charge in [0.1, 0.15) is 11.6 Å². The lowest BCUT2D eigenvalue weighted by Crippen LogP contribution is -2.16. The molecule has 4 heteroatoms. The van der Waals surface area contributed by atoms with Gasteiger partial charge in [-0.2, -0.15) is 0 Å². The first-order valence-corrected chi connectivity index (χ1v) is 7.58. The van der Waals surface area contributed by atoms with Crippen molar-refractivity contribution in [1.82, 2.24) is 9.55 Å². The Balaban J connectivity index is 2.32. The fourth-order valence-corrected chi connectivity index (χ4v) is 2.52. The summed E-state index contributed by atoms with van der Waals surface area (Å²) < 4.78 is 15.5. The van der Waals surface area contributed by atoms with Crippen molar-refractivity contribution in [3.63, 3.8) is 0 Å². The predicted molar refractivity (Wildman–Crippen MR) is 81.1 cm³/mol. The van der Waals surface area contributed by atoms with Crippen LogP contribution in [0.1, 0.15) is 57.8 Å². The zero-order valence-corrected chi connectivity index (χ0v) is 12.4. The molecule has 0 aliphatic carbocycles. The molecule has 0 fully saturated rings. The fraction of sp³-hybridized carbons (Fsp3) is 0.562. The number of unbranched alkanes of at least 4 members (excludes halogenated alkanes) is 3. The average molecular weight is 277 g/mol. The minimum absolute atomic E-state index is 0.0864. The summed E-state index contributed by atoms with van der Waals surface area (Å²) in [7, 11) is 0. The Morgan fingerprint density at radius 1 is 1.25 bits per heavy atom. The molecule has 1 atom stereocenters. The van der Waals surface area contributed by atoms with Gasteiger partial charge >= 0.3 is 0 Å². The monoisotopic (exact) mass is 277 g/mol. The van der Waals surface area contributed by atoms with Crippen molar-refractivity contribution in [1.29, 1.82) is 0 Å². The van der Waals surface area contributed by atoms with E-state index >= 15 is 0 Å². The van der Waals surface area contributed by atoms with Gasteiger partial charge in [0, 0.05) is 12.6 Å². The third-order valence-electron chi connectivity index (χ3n) is 3.75. The quantitative estimate of drug-likeness (QED) is 0.772. The first-order valence-electron chi connectivity index (χ1n) is 7.58. The van der Waals surface area contributed by atoms with Crippen LogP contribution in [0.15, 0.2) is 18.2 Å². The van der Waals surface area contributed by atoms with Crippen LogP contribution in [0.4, 0.5) is 4.39 Å². The Morgan fingerprint density at radius 3 is 2.75 bits per heavy atom. The predicted octanol–water partition coefficient (Wildman–Crippen LogP) is 4.17. The molecule has 2 rings (SSSR count). The van der Waals surface area contributed by atoms with E-state index in [2.05, 4.69) is 16.5 Å². The van der Waals surface area contributed by atoms with Gasteiger partial charge in [0.25, 0.3) is 0 Å². The zero-order valence-electron chi connectivity index (χ0n) is 12.4. The van der Waals surface area contributed by atoms with Gasteiger partial charge in [0.15, 0.2) is 0 Å². The molecule has 20 heavy (non-hydrogen) atoms. The third-order valence-corrected chi connectivity index (χ3v) is 3.75. The van der Waals surface area contributed by atoms with E-state index < -0.39 is 0 Å². The van der Waals surface area contributed by atoms with Crippen molar-refractivity contribution < 1.29 is 4.39 Å². The van der Waals surface area contributed by atoms with Gasteiger partial charge < -0.3 is 10.3 Å². The van der Waals surface area contributed by atoms with Gasteiger partial charge in [-0.05, 0) is 25.0 Å². The van der Waals surface area contributed by atoms with Gasteiger partial charge in [-0.1, -0.05) is 33.1 Å². The molecule has 0 radical (unpaired) electrons. The number of hydrogen-bond donors (Lipinski definition) is 1. The molecule has 2 aromatic rings. The average Bonchev–Trinajstić information content (AvgIpc) is 2.80. The maximum absolute atomic E-state index is 13.3. The van der Waals surface area contributed by atoms with Gasteiger partial charge in [-0.15, -0.1) is 0 Å². The van der Waals surface area contributed by atoms with Crippen LogP contribution in [0.25, 0.3) is 11.0 Å². The van der Waals surface area contributed by atoms with E-state index in [1.165, 1.54) is 31.4 Å². The minimum Gasteiger partial charge on any atom is -0.327 e. The van der Waals surface area contributed by atoms with E-state index in [9.17, 15) is 4.39 Å². The number of aromatic nitrogens is 2. The summed E-state index contributed by atoms with van der Waals surface area (Å²) in [4.78, 5) is 4.54. The molecule has 2 N–H and O–H groups in total. The number of nitrogens with two attached hydrogens (primary N) is 1. The van der Waals surface area contributed by atoms with Crippen LogP contribution >= 0.6 is 0 Å². The maximum atomic E-state index is 13.3. The molecule has 0 aliphatic heterocycles. The summed E-state index contributed by atoms with van der Waals surface area (Å²) in [5, 5.41) is 0. The highest BCUT2D eigenvalue weighted by Gasteiger charge is 2.15. The van der Waals surface area contributed by atoms with Gasteiger partial charge in [-0.25, -0.2) is 9.37 Å². The summed E-state index contributed by atoms with van der Waals surface area (Å²) >= 11 is 0. The molecule has 0 bridgehead atoms. The van der Waals surface area contributed by atoms with Crippen LogP contribution < -0.4 is 5.73 Å². The van der Waals surface area contributed by atoms with Crippen LogP contribution in [-0.2, 0) is 6.54 Å². The third kappa shape index (κ3) is 3.18. The minimum atomic E-state index is -0.246. The van der Waals surface area contributed by atoms with Crippen molar-refractivity contribution in [3.05, 3.63) is 29.8 Å².